The molecule has 5 nitrogen and oxygen atoms in total. The minimum absolute atomic E-state index is 0.0294. The van der Waals surface area contributed by atoms with E-state index in [1.54, 1.807) is 6.07 Å². The number of rotatable bonds is 5. The SMILES string of the molecule is O=[N+]([O-])c1ccc(NCc2ccc(CO)cc2)c(Br)c1. The van der Waals surface area contributed by atoms with Crippen LogP contribution in [-0.4, -0.2) is 10.0 Å². The molecule has 0 saturated heterocycles. The van der Waals surface area contributed by atoms with Crippen LogP contribution in [0.1, 0.15) is 11.1 Å². The summed E-state index contributed by atoms with van der Waals surface area (Å²) in [5, 5.41) is 22.8. The van der Waals surface area contributed by atoms with E-state index in [0.717, 1.165) is 16.8 Å². The molecule has 20 heavy (non-hydrogen) atoms. The van der Waals surface area contributed by atoms with Gasteiger partial charge in [0, 0.05) is 28.8 Å². The Morgan fingerprint density at radius 1 is 1.15 bits per heavy atom. The van der Waals surface area contributed by atoms with Gasteiger partial charge in [-0.25, -0.2) is 0 Å². The summed E-state index contributed by atoms with van der Waals surface area (Å²) in [4.78, 5) is 10.2. The zero-order valence-electron chi connectivity index (χ0n) is 10.5. The minimum Gasteiger partial charge on any atom is -0.392 e. The summed E-state index contributed by atoms with van der Waals surface area (Å²) in [5.41, 5.74) is 2.77. The van der Waals surface area contributed by atoms with Crippen molar-refractivity contribution in [1.29, 1.82) is 0 Å². The maximum atomic E-state index is 10.6. The Labute approximate surface area is 124 Å². The number of hydrogen-bond donors (Lipinski definition) is 2. The first-order valence-electron chi connectivity index (χ1n) is 5.96. The molecule has 0 aromatic heterocycles. The van der Waals surface area contributed by atoms with E-state index in [1.165, 1.54) is 12.1 Å². The number of benzene rings is 2. The highest BCUT2D eigenvalue weighted by Crippen LogP contribution is 2.27. The van der Waals surface area contributed by atoms with Crippen LogP contribution in [0.15, 0.2) is 46.9 Å². The van der Waals surface area contributed by atoms with Crippen LogP contribution in [0, 0.1) is 10.1 Å². The van der Waals surface area contributed by atoms with Gasteiger partial charge in [0.15, 0.2) is 0 Å². The lowest BCUT2D eigenvalue weighted by Crippen LogP contribution is -2.00. The highest BCUT2D eigenvalue weighted by molar-refractivity contribution is 9.10. The van der Waals surface area contributed by atoms with Gasteiger partial charge in [-0.15, -0.1) is 0 Å². The lowest BCUT2D eigenvalue weighted by atomic mass is 10.1. The normalized spacial score (nSPS) is 10.3. The molecule has 0 aliphatic carbocycles. The van der Waals surface area contributed by atoms with Crippen LogP contribution in [0.25, 0.3) is 0 Å². The van der Waals surface area contributed by atoms with E-state index in [-0.39, 0.29) is 12.3 Å². The summed E-state index contributed by atoms with van der Waals surface area (Å²) in [5.74, 6) is 0. The molecular weight excluding hydrogens is 324 g/mol. The number of nitrogens with one attached hydrogen (secondary N) is 1. The lowest BCUT2D eigenvalue weighted by Gasteiger charge is -2.09. The molecule has 0 unspecified atom stereocenters. The summed E-state index contributed by atoms with van der Waals surface area (Å²) >= 11 is 3.31. The number of non-ortho nitro benzene ring substituents is 1. The van der Waals surface area contributed by atoms with Gasteiger partial charge in [0.05, 0.1) is 11.5 Å². The van der Waals surface area contributed by atoms with Crippen LogP contribution in [0.2, 0.25) is 0 Å². The van der Waals surface area contributed by atoms with Crippen LogP contribution in [-0.2, 0) is 13.2 Å². The molecule has 0 spiro atoms. The van der Waals surface area contributed by atoms with Gasteiger partial charge in [0.25, 0.3) is 5.69 Å². The molecule has 0 fully saturated rings. The molecule has 0 atom stereocenters. The molecule has 0 aliphatic heterocycles. The number of halogens is 1. The van der Waals surface area contributed by atoms with Crippen molar-refractivity contribution in [3.8, 4) is 0 Å². The van der Waals surface area contributed by atoms with Crippen molar-refractivity contribution in [2.24, 2.45) is 0 Å². The number of hydrogen-bond acceptors (Lipinski definition) is 4. The van der Waals surface area contributed by atoms with Crippen molar-refractivity contribution in [2.75, 3.05) is 5.32 Å². The number of nitro benzene ring substituents is 1. The van der Waals surface area contributed by atoms with Gasteiger partial charge in [-0.3, -0.25) is 10.1 Å². The molecular formula is C14H13BrN2O3. The first-order chi connectivity index (χ1) is 9.60. The molecule has 0 aliphatic rings. The van der Waals surface area contributed by atoms with E-state index in [4.69, 9.17) is 5.11 Å². The van der Waals surface area contributed by atoms with Crippen LogP contribution >= 0.6 is 15.9 Å². The Hall–Kier alpha value is -1.92. The third kappa shape index (κ3) is 3.55. The average Bonchev–Trinajstić information content (AvgIpc) is 2.46. The third-order valence-corrected chi connectivity index (χ3v) is 3.51. The molecule has 0 amide bonds. The van der Waals surface area contributed by atoms with Gasteiger partial charge in [-0.1, -0.05) is 24.3 Å². The third-order valence-electron chi connectivity index (χ3n) is 2.85. The number of aliphatic hydroxyl groups is 1. The number of aliphatic hydroxyl groups excluding tert-OH is 1. The van der Waals surface area contributed by atoms with E-state index in [2.05, 4.69) is 21.2 Å². The second-order valence-electron chi connectivity index (χ2n) is 4.25. The molecule has 0 radical (unpaired) electrons. The second-order valence-corrected chi connectivity index (χ2v) is 5.10. The molecule has 0 saturated carbocycles. The Bertz CT molecular complexity index is 614. The summed E-state index contributed by atoms with van der Waals surface area (Å²) in [6.45, 7) is 0.629. The van der Waals surface area contributed by atoms with Gasteiger partial charge in [-0.2, -0.15) is 0 Å². The van der Waals surface area contributed by atoms with Crippen LogP contribution in [0.4, 0.5) is 11.4 Å². The topological polar surface area (TPSA) is 75.4 Å². The summed E-state index contributed by atoms with van der Waals surface area (Å²) in [6, 6.07) is 12.2. The maximum Gasteiger partial charge on any atom is 0.270 e. The molecule has 2 aromatic rings. The molecule has 0 bridgehead atoms. The van der Waals surface area contributed by atoms with Crippen molar-refractivity contribution in [3.63, 3.8) is 0 Å². The van der Waals surface area contributed by atoms with Gasteiger partial charge in [0.2, 0.25) is 0 Å². The standard InChI is InChI=1S/C14H13BrN2O3/c15-13-7-12(17(19)20)5-6-14(13)16-8-10-1-3-11(9-18)4-2-10/h1-7,16,18H,8-9H2. The maximum absolute atomic E-state index is 10.6. The summed E-state index contributed by atoms with van der Waals surface area (Å²) in [7, 11) is 0. The quantitative estimate of drug-likeness (QED) is 0.647. The second kappa shape index (κ2) is 6.49. The monoisotopic (exact) mass is 336 g/mol. The van der Waals surface area contributed by atoms with E-state index in [1.807, 2.05) is 24.3 Å². The van der Waals surface area contributed by atoms with Gasteiger partial charge < -0.3 is 10.4 Å². The Kier molecular flexibility index (Phi) is 4.70. The fourth-order valence-electron chi connectivity index (χ4n) is 1.72. The first kappa shape index (κ1) is 14.5. The van der Waals surface area contributed by atoms with Crippen molar-refractivity contribution in [1.82, 2.24) is 0 Å². The first-order valence-corrected chi connectivity index (χ1v) is 6.76. The largest absolute Gasteiger partial charge is 0.392 e. The van der Waals surface area contributed by atoms with Crippen LogP contribution < -0.4 is 5.32 Å². The van der Waals surface area contributed by atoms with Gasteiger partial charge >= 0.3 is 0 Å². The Morgan fingerprint density at radius 2 is 1.80 bits per heavy atom. The van der Waals surface area contributed by atoms with Crippen molar-refractivity contribution in [2.45, 2.75) is 13.2 Å². The van der Waals surface area contributed by atoms with Gasteiger partial charge in [-0.05, 0) is 33.1 Å². The molecule has 6 heteroatoms. The summed E-state index contributed by atoms with van der Waals surface area (Å²) in [6.07, 6.45) is 0. The number of nitrogens with zero attached hydrogens (tertiary/aromatic N) is 1. The Morgan fingerprint density at radius 3 is 2.35 bits per heavy atom. The lowest BCUT2D eigenvalue weighted by molar-refractivity contribution is -0.384. The van der Waals surface area contributed by atoms with Gasteiger partial charge in [0.1, 0.15) is 0 Å². The fraction of sp³-hybridized carbons (Fsp3) is 0.143. The molecule has 104 valence electrons. The van der Waals surface area contributed by atoms with E-state index in [0.29, 0.717) is 11.0 Å². The molecule has 2 N–H and O–H groups in total. The molecule has 2 aromatic carbocycles. The van der Waals surface area contributed by atoms with E-state index >= 15 is 0 Å². The highest BCUT2D eigenvalue weighted by atomic mass is 79.9. The summed E-state index contributed by atoms with van der Waals surface area (Å²) < 4.78 is 0.652. The smallest absolute Gasteiger partial charge is 0.270 e. The van der Waals surface area contributed by atoms with Crippen molar-refractivity contribution < 1.29 is 10.0 Å². The van der Waals surface area contributed by atoms with E-state index < -0.39 is 4.92 Å². The number of nitro groups is 1. The molecule has 0 heterocycles. The van der Waals surface area contributed by atoms with E-state index in [9.17, 15) is 10.1 Å². The average molecular weight is 337 g/mol. The number of anilines is 1. The van der Waals surface area contributed by atoms with Crippen molar-refractivity contribution in [3.05, 3.63) is 68.2 Å². The predicted octanol–water partition coefficient (Wildman–Crippen LogP) is 3.46. The zero-order valence-corrected chi connectivity index (χ0v) is 12.1. The molecule has 2 rings (SSSR count). The Balaban J connectivity index is 2.04. The van der Waals surface area contributed by atoms with Crippen LogP contribution in [0.3, 0.4) is 0 Å². The minimum atomic E-state index is -0.428. The predicted molar refractivity (Wildman–Crippen MR) is 80.5 cm³/mol. The zero-order chi connectivity index (χ0) is 14.5. The fourth-order valence-corrected chi connectivity index (χ4v) is 2.23. The van der Waals surface area contributed by atoms with Crippen molar-refractivity contribution >= 4 is 27.3 Å². The van der Waals surface area contributed by atoms with Crippen LogP contribution in [0.5, 0.6) is 0 Å². The highest BCUT2D eigenvalue weighted by Gasteiger charge is 2.08.